The average Bonchev–Trinajstić information content (AvgIpc) is 2.03. The van der Waals surface area contributed by atoms with E-state index in [1.807, 2.05) is 0 Å². The van der Waals surface area contributed by atoms with Crippen LogP contribution in [-0.4, -0.2) is 11.8 Å². The molecule has 0 saturated carbocycles. The summed E-state index contributed by atoms with van der Waals surface area (Å²) in [5.41, 5.74) is 0. The Morgan fingerprint density at radius 1 is 1.33 bits per heavy atom. The Balaban J connectivity index is 3.58. The van der Waals surface area contributed by atoms with Crippen molar-refractivity contribution < 1.29 is 0 Å². The molecule has 0 saturated heterocycles. The highest BCUT2D eigenvalue weighted by molar-refractivity contribution is 7.39. The first kappa shape index (κ1) is 12.4. The molecule has 0 fully saturated rings. The van der Waals surface area contributed by atoms with E-state index in [1.165, 1.54) is 25.7 Å². The lowest BCUT2D eigenvalue weighted by Gasteiger charge is -2.26. The molecule has 2 unspecified atom stereocenters. The lowest BCUT2D eigenvalue weighted by atomic mass is 9.97. The predicted molar refractivity (Wildman–Crippen MR) is 61.6 cm³/mol. The Labute approximate surface area is 80.3 Å². The van der Waals surface area contributed by atoms with E-state index in [0.717, 1.165) is 14.5 Å². The van der Waals surface area contributed by atoms with E-state index in [2.05, 4.69) is 34.4 Å². The van der Waals surface area contributed by atoms with Crippen LogP contribution in [0.3, 0.4) is 0 Å². The molecule has 0 nitrogen and oxygen atoms in total. The minimum Gasteiger partial charge on any atom is -0.119 e. The third-order valence-electron chi connectivity index (χ3n) is 2.89. The van der Waals surface area contributed by atoms with Gasteiger partial charge in [-0.1, -0.05) is 40.5 Å². The van der Waals surface area contributed by atoms with Gasteiger partial charge in [0.25, 0.3) is 0 Å². The fraction of sp³-hybridized carbons (Fsp3) is 1.00. The summed E-state index contributed by atoms with van der Waals surface area (Å²) in [4.78, 5) is 0. The van der Waals surface area contributed by atoms with Crippen LogP contribution < -0.4 is 0 Å². The zero-order valence-electron chi connectivity index (χ0n) is 9.41. The monoisotopic (exact) mass is 188 g/mol. The smallest absolute Gasteiger partial charge is 0.0155 e. The summed E-state index contributed by atoms with van der Waals surface area (Å²) in [6, 6.07) is 0. The van der Waals surface area contributed by atoms with Gasteiger partial charge in [0, 0.05) is 0 Å². The van der Waals surface area contributed by atoms with Crippen LogP contribution in [0.25, 0.3) is 0 Å². The van der Waals surface area contributed by atoms with Crippen LogP contribution in [0.1, 0.15) is 53.4 Å². The topological polar surface area (TPSA) is 0 Å². The van der Waals surface area contributed by atoms with Crippen molar-refractivity contribution in [3.63, 3.8) is 0 Å². The van der Waals surface area contributed by atoms with Gasteiger partial charge in [0.2, 0.25) is 0 Å². The Kier molecular flexibility index (Phi) is 6.19. The molecule has 0 aliphatic carbocycles. The van der Waals surface area contributed by atoms with Crippen LogP contribution >= 0.6 is 8.58 Å². The molecule has 12 heavy (non-hydrogen) atoms. The molecule has 0 bridgehead atoms. The Bertz CT molecular complexity index is 104. The summed E-state index contributed by atoms with van der Waals surface area (Å²) in [5, 5.41) is 0.648. The molecule has 0 N–H and O–H groups in total. The Morgan fingerprint density at radius 3 is 2.25 bits per heavy atom. The Morgan fingerprint density at radius 2 is 1.92 bits per heavy atom. The molecular formula is C11H25P. The minimum atomic E-state index is 0.648. The van der Waals surface area contributed by atoms with Crippen molar-refractivity contribution in [1.29, 1.82) is 0 Å². The van der Waals surface area contributed by atoms with Crippen LogP contribution in [0, 0.1) is 5.92 Å². The molecule has 0 rings (SSSR count). The highest BCUT2D eigenvalue weighted by Gasteiger charge is 2.18. The van der Waals surface area contributed by atoms with Gasteiger partial charge in [0.1, 0.15) is 0 Å². The van der Waals surface area contributed by atoms with Gasteiger partial charge >= 0.3 is 0 Å². The number of hydrogen-bond donors (Lipinski definition) is 0. The van der Waals surface area contributed by atoms with Gasteiger partial charge in [-0.2, -0.15) is 0 Å². The summed E-state index contributed by atoms with van der Waals surface area (Å²) < 4.78 is 0. The molecule has 2 atom stereocenters. The van der Waals surface area contributed by atoms with Crippen LogP contribution in [-0.2, 0) is 0 Å². The van der Waals surface area contributed by atoms with Crippen LogP contribution in [0.15, 0.2) is 0 Å². The lowest BCUT2D eigenvalue weighted by molar-refractivity contribution is 0.476. The molecular weight excluding hydrogens is 163 g/mol. The lowest BCUT2D eigenvalue weighted by Crippen LogP contribution is -2.16. The van der Waals surface area contributed by atoms with Gasteiger partial charge in [-0.3, -0.25) is 0 Å². The van der Waals surface area contributed by atoms with E-state index in [-0.39, 0.29) is 0 Å². The van der Waals surface area contributed by atoms with Gasteiger partial charge in [0.15, 0.2) is 0 Å². The quantitative estimate of drug-likeness (QED) is 0.545. The van der Waals surface area contributed by atoms with Gasteiger partial charge in [-0.25, -0.2) is 0 Å². The maximum atomic E-state index is 2.44. The van der Waals surface area contributed by atoms with Crippen molar-refractivity contribution in [3.05, 3.63) is 0 Å². The highest BCUT2D eigenvalue weighted by Crippen LogP contribution is 2.36. The van der Waals surface area contributed by atoms with Crippen molar-refractivity contribution >= 4 is 8.58 Å². The fourth-order valence-electron chi connectivity index (χ4n) is 1.38. The molecule has 0 amide bonds. The van der Waals surface area contributed by atoms with Crippen molar-refractivity contribution in [2.24, 2.45) is 5.92 Å². The first-order chi connectivity index (χ1) is 5.54. The molecule has 74 valence electrons. The first-order valence-corrected chi connectivity index (χ1v) is 6.73. The highest BCUT2D eigenvalue weighted by atomic mass is 31.1. The molecule has 0 aromatic heterocycles. The molecule has 0 aromatic carbocycles. The van der Waals surface area contributed by atoms with Crippen LogP contribution in [0.5, 0.6) is 0 Å². The number of rotatable bonds is 6. The normalized spacial score (nSPS) is 17.5. The third-order valence-corrected chi connectivity index (χ3v) is 4.70. The van der Waals surface area contributed by atoms with E-state index in [1.54, 1.807) is 0 Å². The molecule has 0 aromatic rings. The second-order valence-corrected chi connectivity index (χ2v) is 6.16. The summed E-state index contributed by atoms with van der Waals surface area (Å²) in [7, 11) is 1.11. The zero-order valence-corrected chi connectivity index (χ0v) is 10.4. The van der Waals surface area contributed by atoms with Crippen molar-refractivity contribution in [3.8, 4) is 0 Å². The molecule has 0 aliphatic rings. The van der Waals surface area contributed by atoms with Gasteiger partial charge < -0.3 is 0 Å². The zero-order chi connectivity index (χ0) is 9.61. The second kappa shape index (κ2) is 5.97. The standard InChI is InChI=1S/C11H25P/c1-6-11(4,12-5)9-7-8-10(2)3/h10,12H,6-9H2,1-5H3. The van der Waals surface area contributed by atoms with Gasteiger partial charge in [0.05, 0.1) is 0 Å². The van der Waals surface area contributed by atoms with E-state index in [4.69, 9.17) is 0 Å². The van der Waals surface area contributed by atoms with Crippen molar-refractivity contribution in [2.75, 3.05) is 6.66 Å². The summed E-state index contributed by atoms with van der Waals surface area (Å²) in [5.74, 6) is 0.881. The van der Waals surface area contributed by atoms with E-state index >= 15 is 0 Å². The maximum absolute atomic E-state index is 2.44. The molecule has 1 heteroatoms. The fourth-order valence-corrected chi connectivity index (χ4v) is 2.16. The summed E-state index contributed by atoms with van der Waals surface area (Å²) >= 11 is 0. The first-order valence-electron chi connectivity index (χ1n) is 5.23. The predicted octanol–water partition coefficient (Wildman–Crippen LogP) is 4.29. The Hall–Kier alpha value is 0.430. The molecule has 0 aliphatic heterocycles. The number of hydrogen-bond acceptors (Lipinski definition) is 0. The molecule has 0 radical (unpaired) electrons. The van der Waals surface area contributed by atoms with E-state index < -0.39 is 0 Å². The maximum Gasteiger partial charge on any atom is -0.0155 e. The largest absolute Gasteiger partial charge is 0.119 e. The van der Waals surface area contributed by atoms with Crippen molar-refractivity contribution in [2.45, 2.75) is 58.5 Å². The average molecular weight is 188 g/mol. The summed E-state index contributed by atoms with van der Waals surface area (Å²) in [6.07, 6.45) is 5.60. The van der Waals surface area contributed by atoms with E-state index in [9.17, 15) is 0 Å². The van der Waals surface area contributed by atoms with E-state index in [0.29, 0.717) is 5.16 Å². The van der Waals surface area contributed by atoms with Crippen LogP contribution in [0.4, 0.5) is 0 Å². The summed E-state index contributed by atoms with van der Waals surface area (Å²) in [6.45, 7) is 11.7. The van der Waals surface area contributed by atoms with Crippen molar-refractivity contribution in [1.82, 2.24) is 0 Å². The van der Waals surface area contributed by atoms with Gasteiger partial charge in [-0.15, -0.1) is 8.58 Å². The SMILES string of the molecule is CCC(C)(CCCC(C)C)PC. The third kappa shape index (κ3) is 5.14. The van der Waals surface area contributed by atoms with Gasteiger partial charge in [-0.05, 0) is 30.6 Å². The molecule has 0 spiro atoms. The second-order valence-electron chi connectivity index (χ2n) is 4.45. The van der Waals surface area contributed by atoms with Crippen LogP contribution in [0.2, 0.25) is 0 Å². The molecule has 0 heterocycles. The minimum absolute atomic E-state index is 0.648.